The van der Waals surface area contributed by atoms with Crippen molar-refractivity contribution in [2.45, 2.75) is 29.3 Å². The molecule has 26 heavy (non-hydrogen) atoms. The number of guanidine groups is 1. The smallest absolute Gasteiger partial charge is 0.250 e. The minimum Gasteiger partial charge on any atom is -0.375 e. The fourth-order valence-electron chi connectivity index (χ4n) is 3.17. The lowest BCUT2D eigenvalue weighted by atomic mass is 10.1. The van der Waals surface area contributed by atoms with Crippen LogP contribution in [0, 0.1) is 0 Å². The van der Waals surface area contributed by atoms with E-state index in [1.807, 2.05) is 0 Å². The number of aliphatic imine (C=N–C) groups is 1. The van der Waals surface area contributed by atoms with E-state index >= 15 is 0 Å². The summed E-state index contributed by atoms with van der Waals surface area (Å²) in [5, 5.41) is 4.97. The first kappa shape index (κ1) is 19.6. The van der Waals surface area contributed by atoms with Crippen LogP contribution in [0.3, 0.4) is 0 Å². The predicted molar refractivity (Wildman–Crippen MR) is 101 cm³/mol. The van der Waals surface area contributed by atoms with Crippen LogP contribution in [0.15, 0.2) is 26.7 Å². The molecule has 3 rings (SSSR count). The van der Waals surface area contributed by atoms with Gasteiger partial charge in [-0.2, -0.15) is 0 Å². The normalized spacial score (nSPS) is 24.8. The van der Waals surface area contributed by atoms with Crippen LogP contribution in [0.25, 0.3) is 0 Å². The molecule has 0 spiro atoms. The number of thiophene rings is 1. The van der Waals surface area contributed by atoms with Crippen molar-refractivity contribution in [2.75, 3.05) is 46.4 Å². The third-order valence-corrected chi connectivity index (χ3v) is 7.30. The number of ether oxygens (including phenoxy) is 2. The summed E-state index contributed by atoms with van der Waals surface area (Å²) in [5.74, 6) is 0.756. The number of nitrogens with one attached hydrogen (secondary N) is 2. The van der Waals surface area contributed by atoms with Crippen molar-refractivity contribution < 1.29 is 17.9 Å². The van der Waals surface area contributed by atoms with Crippen LogP contribution >= 0.6 is 11.3 Å². The summed E-state index contributed by atoms with van der Waals surface area (Å²) >= 11 is 1.21. The summed E-state index contributed by atoms with van der Waals surface area (Å²) in [6, 6.07) is 3.32. The van der Waals surface area contributed by atoms with E-state index in [-0.39, 0.29) is 12.2 Å². The Hall–Kier alpha value is -1.20. The van der Waals surface area contributed by atoms with E-state index in [0.717, 1.165) is 38.5 Å². The molecule has 2 fully saturated rings. The molecule has 0 amide bonds. The fraction of sp³-hybridized carbons (Fsp3) is 0.688. The predicted octanol–water partition coefficient (Wildman–Crippen LogP) is 0.482. The topological polar surface area (TPSA) is 92.3 Å². The molecule has 1 aromatic rings. The minimum absolute atomic E-state index is 0.0575. The first-order valence-corrected chi connectivity index (χ1v) is 11.2. The quantitative estimate of drug-likeness (QED) is 0.409. The van der Waals surface area contributed by atoms with E-state index in [2.05, 4.69) is 19.9 Å². The largest absolute Gasteiger partial charge is 0.375 e. The van der Waals surface area contributed by atoms with Crippen LogP contribution < -0.4 is 10.0 Å². The van der Waals surface area contributed by atoms with Crippen molar-refractivity contribution in [3.05, 3.63) is 17.5 Å². The second kappa shape index (κ2) is 9.14. The second-order valence-electron chi connectivity index (χ2n) is 6.21. The van der Waals surface area contributed by atoms with E-state index < -0.39 is 10.0 Å². The summed E-state index contributed by atoms with van der Waals surface area (Å²) in [7, 11) is -1.70. The first-order valence-electron chi connectivity index (χ1n) is 8.82. The number of nitrogens with zero attached hydrogens (tertiary/aromatic N) is 2. The molecule has 2 unspecified atom stereocenters. The maximum Gasteiger partial charge on any atom is 0.250 e. The van der Waals surface area contributed by atoms with Crippen molar-refractivity contribution in [3.63, 3.8) is 0 Å². The molecule has 0 saturated carbocycles. The van der Waals surface area contributed by atoms with E-state index in [1.165, 1.54) is 11.3 Å². The second-order valence-corrected chi connectivity index (χ2v) is 9.15. The van der Waals surface area contributed by atoms with Gasteiger partial charge in [0.25, 0.3) is 0 Å². The molecule has 0 radical (unpaired) electrons. The summed E-state index contributed by atoms with van der Waals surface area (Å²) in [6.07, 6.45) is 2.34. The number of rotatable bonds is 6. The molecule has 1 aromatic heterocycles. The molecular formula is C16H26N4O4S2. The SMILES string of the molecule is CN=C(NCCNS(=O)(=O)c1cccs1)N1CCOC(C2CCCO2)C1. The Balaban J connectivity index is 1.45. The molecule has 2 aliphatic rings. The molecule has 0 aromatic carbocycles. The fourth-order valence-corrected chi connectivity index (χ4v) is 5.24. The number of sulfonamides is 1. The highest BCUT2D eigenvalue weighted by molar-refractivity contribution is 7.91. The van der Waals surface area contributed by atoms with Crippen LogP contribution in [-0.2, 0) is 19.5 Å². The lowest BCUT2D eigenvalue weighted by molar-refractivity contribution is -0.0816. The van der Waals surface area contributed by atoms with Crippen molar-refractivity contribution in [3.8, 4) is 0 Å². The number of hydrogen-bond acceptors (Lipinski definition) is 6. The van der Waals surface area contributed by atoms with Gasteiger partial charge >= 0.3 is 0 Å². The van der Waals surface area contributed by atoms with Crippen LogP contribution in [-0.4, -0.2) is 77.9 Å². The first-order chi connectivity index (χ1) is 12.6. The molecule has 0 bridgehead atoms. The third-order valence-electron chi connectivity index (χ3n) is 4.44. The molecule has 2 atom stereocenters. The van der Waals surface area contributed by atoms with E-state index in [1.54, 1.807) is 24.6 Å². The van der Waals surface area contributed by atoms with Gasteiger partial charge in [0.2, 0.25) is 10.0 Å². The lowest BCUT2D eigenvalue weighted by Crippen LogP contribution is -2.54. The van der Waals surface area contributed by atoms with Crippen molar-refractivity contribution in [1.29, 1.82) is 0 Å². The van der Waals surface area contributed by atoms with Gasteiger partial charge in [0, 0.05) is 39.8 Å². The highest BCUT2D eigenvalue weighted by Gasteiger charge is 2.32. The average Bonchev–Trinajstić information content (AvgIpc) is 3.36. The summed E-state index contributed by atoms with van der Waals surface area (Å²) in [4.78, 5) is 6.46. The van der Waals surface area contributed by atoms with Crippen LogP contribution in [0.4, 0.5) is 0 Å². The van der Waals surface area contributed by atoms with Gasteiger partial charge in [-0.1, -0.05) is 6.07 Å². The Bertz CT molecular complexity index is 687. The summed E-state index contributed by atoms with van der Waals surface area (Å²) in [5.41, 5.74) is 0. The lowest BCUT2D eigenvalue weighted by Gasteiger charge is -2.37. The van der Waals surface area contributed by atoms with Gasteiger partial charge in [-0.3, -0.25) is 4.99 Å². The van der Waals surface area contributed by atoms with Gasteiger partial charge in [-0.15, -0.1) is 11.3 Å². The molecular weight excluding hydrogens is 376 g/mol. The van der Waals surface area contributed by atoms with E-state index in [4.69, 9.17) is 9.47 Å². The Morgan fingerprint density at radius 3 is 2.88 bits per heavy atom. The molecule has 146 valence electrons. The third kappa shape index (κ3) is 4.95. The Kier molecular flexibility index (Phi) is 6.87. The maximum atomic E-state index is 12.1. The van der Waals surface area contributed by atoms with E-state index in [9.17, 15) is 8.42 Å². The average molecular weight is 403 g/mol. The van der Waals surface area contributed by atoms with Crippen LogP contribution in [0.5, 0.6) is 0 Å². The van der Waals surface area contributed by atoms with Crippen molar-refractivity contribution in [2.24, 2.45) is 4.99 Å². The minimum atomic E-state index is -3.43. The highest BCUT2D eigenvalue weighted by atomic mass is 32.2. The molecule has 2 saturated heterocycles. The zero-order chi connectivity index (χ0) is 18.4. The monoisotopic (exact) mass is 402 g/mol. The Labute approximate surface area is 158 Å². The highest BCUT2D eigenvalue weighted by Crippen LogP contribution is 2.21. The molecule has 8 nitrogen and oxygen atoms in total. The number of morpholine rings is 1. The van der Waals surface area contributed by atoms with Gasteiger partial charge in [-0.25, -0.2) is 13.1 Å². The summed E-state index contributed by atoms with van der Waals surface area (Å²) < 4.78 is 38.7. The van der Waals surface area contributed by atoms with Crippen LogP contribution in [0.2, 0.25) is 0 Å². The molecule has 10 heteroatoms. The molecule has 2 N–H and O–H groups in total. The standard InChI is InChI=1S/C16H26N4O4S2/c1-17-16(18-6-7-19-26(21,22)15-5-3-11-25-15)20-8-10-24-14(12-20)13-4-2-9-23-13/h3,5,11,13-14,19H,2,4,6-10,12H2,1H3,(H,17,18). The maximum absolute atomic E-state index is 12.1. The molecule has 3 heterocycles. The van der Waals surface area contributed by atoms with Crippen LogP contribution in [0.1, 0.15) is 12.8 Å². The van der Waals surface area contributed by atoms with Crippen molar-refractivity contribution in [1.82, 2.24) is 14.9 Å². The van der Waals surface area contributed by atoms with Gasteiger partial charge in [0.05, 0.1) is 12.7 Å². The van der Waals surface area contributed by atoms with Gasteiger partial charge in [0.15, 0.2) is 5.96 Å². The van der Waals surface area contributed by atoms with E-state index in [0.29, 0.717) is 23.9 Å². The van der Waals surface area contributed by atoms with Crippen molar-refractivity contribution >= 4 is 27.3 Å². The van der Waals surface area contributed by atoms with Gasteiger partial charge in [-0.05, 0) is 24.3 Å². The van der Waals surface area contributed by atoms with Gasteiger partial charge in [0.1, 0.15) is 10.3 Å². The summed E-state index contributed by atoms with van der Waals surface area (Å²) in [6.45, 7) is 3.67. The zero-order valence-electron chi connectivity index (χ0n) is 14.9. The zero-order valence-corrected chi connectivity index (χ0v) is 16.5. The number of hydrogen-bond donors (Lipinski definition) is 2. The molecule has 2 aliphatic heterocycles. The Morgan fingerprint density at radius 1 is 1.35 bits per heavy atom. The molecule has 0 aliphatic carbocycles. The van der Waals surface area contributed by atoms with Gasteiger partial charge < -0.3 is 19.7 Å². The Morgan fingerprint density at radius 2 is 2.19 bits per heavy atom.